The molecule has 4 nitrogen and oxygen atoms in total. The van der Waals surface area contributed by atoms with Crippen LogP contribution >= 0.6 is 0 Å². The third kappa shape index (κ3) is 2.88. The number of aryl methyl sites for hydroxylation is 3. The van der Waals surface area contributed by atoms with E-state index in [1.165, 1.54) is 0 Å². The monoisotopic (exact) mass is 306 g/mol. The maximum atomic E-state index is 11.4. The van der Waals surface area contributed by atoms with Gasteiger partial charge in [0.1, 0.15) is 0 Å². The highest BCUT2D eigenvalue weighted by Gasteiger charge is 2.12. The molecule has 0 atom stereocenters. The average Bonchev–Trinajstić information content (AvgIpc) is 2.49. The van der Waals surface area contributed by atoms with Crippen LogP contribution < -0.4 is 5.32 Å². The summed E-state index contributed by atoms with van der Waals surface area (Å²) in [5, 5.41) is 13.6. The smallest absolute Gasteiger partial charge is 0.337 e. The van der Waals surface area contributed by atoms with Gasteiger partial charge in [-0.25, -0.2) is 4.79 Å². The molecule has 3 rings (SSSR count). The van der Waals surface area contributed by atoms with Gasteiger partial charge in [0.15, 0.2) is 0 Å². The molecule has 0 amide bonds. The number of hydrogen-bond acceptors (Lipinski definition) is 3. The topological polar surface area (TPSA) is 62.2 Å². The van der Waals surface area contributed by atoms with Gasteiger partial charge in [-0.3, -0.25) is 4.98 Å². The summed E-state index contributed by atoms with van der Waals surface area (Å²) in [6, 6.07) is 13.0. The first-order chi connectivity index (χ1) is 11.0. The van der Waals surface area contributed by atoms with Gasteiger partial charge >= 0.3 is 5.97 Å². The molecule has 1 heterocycles. The lowest BCUT2D eigenvalue weighted by molar-refractivity contribution is 0.0698. The van der Waals surface area contributed by atoms with Crippen LogP contribution in [-0.2, 0) is 0 Å². The maximum absolute atomic E-state index is 11.4. The fourth-order valence-corrected chi connectivity index (χ4v) is 2.84. The fraction of sp³-hybridized carbons (Fsp3) is 0.158. The van der Waals surface area contributed by atoms with Crippen molar-refractivity contribution in [1.29, 1.82) is 0 Å². The molecule has 0 aliphatic rings. The number of anilines is 2. The Morgan fingerprint density at radius 1 is 1.04 bits per heavy atom. The van der Waals surface area contributed by atoms with E-state index >= 15 is 0 Å². The van der Waals surface area contributed by atoms with E-state index in [0.717, 1.165) is 33.4 Å². The number of fused-ring (bicyclic) bond motifs is 1. The third-order valence-corrected chi connectivity index (χ3v) is 3.80. The molecule has 1 aromatic heterocycles. The normalized spacial score (nSPS) is 10.7. The molecule has 0 aliphatic carbocycles. The molecule has 0 radical (unpaired) electrons. The van der Waals surface area contributed by atoms with E-state index in [9.17, 15) is 9.90 Å². The van der Waals surface area contributed by atoms with Crippen LogP contribution in [0.25, 0.3) is 10.9 Å². The molecule has 0 saturated carbocycles. The Morgan fingerprint density at radius 2 is 1.78 bits per heavy atom. The van der Waals surface area contributed by atoms with Crippen molar-refractivity contribution in [2.45, 2.75) is 20.8 Å². The molecule has 116 valence electrons. The molecular formula is C19H18N2O2. The van der Waals surface area contributed by atoms with Crippen molar-refractivity contribution < 1.29 is 9.90 Å². The minimum Gasteiger partial charge on any atom is -0.478 e. The summed E-state index contributed by atoms with van der Waals surface area (Å²) < 4.78 is 0. The standard InChI is InChI=1S/C19H18N2O2/c1-11-8-12(2)18-15(9-11)17(10-13(3)20-18)21-16-7-5-4-6-14(16)19(22)23/h4-10H,1-3H3,(H,20,21)(H,22,23). The number of carboxylic acids is 1. The number of aromatic carboxylic acids is 1. The molecule has 4 heteroatoms. The number of hydrogen-bond donors (Lipinski definition) is 2. The molecule has 0 bridgehead atoms. The van der Waals surface area contributed by atoms with Gasteiger partial charge in [-0.15, -0.1) is 0 Å². The minimum atomic E-state index is -0.949. The summed E-state index contributed by atoms with van der Waals surface area (Å²) in [6.45, 7) is 6.02. The van der Waals surface area contributed by atoms with Crippen LogP contribution in [0, 0.1) is 20.8 Å². The number of carboxylic acid groups (broad SMARTS) is 1. The molecule has 0 aliphatic heterocycles. The van der Waals surface area contributed by atoms with E-state index in [1.54, 1.807) is 18.2 Å². The molecule has 2 aromatic carbocycles. The highest BCUT2D eigenvalue weighted by Crippen LogP contribution is 2.30. The van der Waals surface area contributed by atoms with Gasteiger partial charge in [0.2, 0.25) is 0 Å². The highest BCUT2D eigenvalue weighted by molar-refractivity contribution is 5.99. The first kappa shape index (κ1) is 15.0. The summed E-state index contributed by atoms with van der Waals surface area (Å²) in [4.78, 5) is 16.0. The molecule has 0 fully saturated rings. The van der Waals surface area contributed by atoms with Crippen LogP contribution in [0.3, 0.4) is 0 Å². The SMILES string of the molecule is Cc1cc(C)c2nc(C)cc(Nc3ccccc3C(=O)O)c2c1. The molecule has 23 heavy (non-hydrogen) atoms. The molecular weight excluding hydrogens is 288 g/mol. The molecule has 0 unspecified atom stereocenters. The lowest BCUT2D eigenvalue weighted by Crippen LogP contribution is -2.03. The van der Waals surface area contributed by atoms with Crippen molar-refractivity contribution >= 4 is 28.2 Å². The number of para-hydroxylation sites is 1. The van der Waals surface area contributed by atoms with E-state index in [1.807, 2.05) is 32.9 Å². The number of nitrogens with zero attached hydrogens (tertiary/aromatic N) is 1. The average molecular weight is 306 g/mol. The van der Waals surface area contributed by atoms with Crippen molar-refractivity contribution in [1.82, 2.24) is 4.98 Å². The van der Waals surface area contributed by atoms with Gasteiger partial charge in [0.05, 0.1) is 16.8 Å². The number of carbonyl (C=O) groups is 1. The second-order valence-corrected chi connectivity index (χ2v) is 5.76. The molecule has 2 N–H and O–H groups in total. The summed E-state index contributed by atoms with van der Waals surface area (Å²) in [7, 11) is 0. The van der Waals surface area contributed by atoms with Crippen molar-refractivity contribution in [3.63, 3.8) is 0 Å². The Kier molecular flexibility index (Phi) is 3.74. The summed E-state index contributed by atoms with van der Waals surface area (Å²) in [6.07, 6.45) is 0. The van der Waals surface area contributed by atoms with Gasteiger partial charge in [-0.05, 0) is 50.6 Å². The number of pyridine rings is 1. The highest BCUT2D eigenvalue weighted by atomic mass is 16.4. The summed E-state index contributed by atoms with van der Waals surface area (Å²) in [5.41, 5.74) is 5.78. The first-order valence-electron chi connectivity index (χ1n) is 7.43. The van der Waals surface area contributed by atoms with Gasteiger partial charge in [0.25, 0.3) is 0 Å². The van der Waals surface area contributed by atoms with Crippen LogP contribution in [0.5, 0.6) is 0 Å². The Labute approximate surface area is 134 Å². The number of benzene rings is 2. The van der Waals surface area contributed by atoms with Gasteiger partial charge in [-0.2, -0.15) is 0 Å². The predicted octanol–water partition coefficient (Wildman–Crippen LogP) is 4.60. The maximum Gasteiger partial charge on any atom is 0.337 e. The van der Waals surface area contributed by atoms with Crippen molar-refractivity contribution in [2.75, 3.05) is 5.32 Å². The zero-order chi connectivity index (χ0) is 16.6. The van der Waals surface area contributed by atoms with Crippen molar-refractivity contribution in [3.8, 4) is 0 Å². The van der Waals surface area contributed by atoms with E-state index in [0.29, 0.717) is 5.69 Å². The lowest BCUT2D eigenvalue weighted by atomic mass is 10.0. The summed E-state index contributed by atoms with van der Waals surface area (Å²) in [5.74, 6) is -0.949. The fourth-order valence-electron chi connectivity index (χ4n) is 2.84. The zero-order valence-corrected chi connectivity index (χ0v) is 13.3. The minimum absolute atomic E-state index is 0.250. The lowest BCUT2D eigenvalue weighted by Gasteiger charge is -2.14. The van der Waals surface area contributed by atoms with E-state index < -0.39 is 5.97 Å². The van der Waals surface area contributed by atoms with E-state index in [-0.39, 0.29) is 5.56 Å². The van der Waals surface area contributed by atoms with Crippen LogP contribution in [0.4, 0.5) is 11.4 Å². The second kappa shape index (κ2) is 5.72. The van der Waals surface area contributed by atoms with Crippen LogP contribution in [0.15, 0.2) is 42.5 Å². The number of nitrogens with one attached hydrogen (secondary N) is 1. The van der Waals surface area contributed by atoms with Gasteiger partial charge < -0.3 is 10.4 Å². The van der Waals surface area contributed by atoms with Gasteiger partial charge in [-0.1, -0.05) is 23.8 Å². The number of rotatable bonds is 3. The zero-order valence-electron chi connectivity index (χ0n) is 13.3. The Morgan fingerprint density at radius 3 is 2.52 bits per heavy atom. The third-order valence-electron chi connectivity index (χ3n) is 3.80. The first-order valence-corrected chi connectivity index (χ1v) is 7.43. The summed E-state index contributed by atoms with van der Waals surface area (Å²) >= 11 is 0. The van der Waals surface area contributed by atoms with Crippen LogP contribution in [-0.4, -0.2) is 16.1 Å². The van der Waals surface area contributed by atoms with Gasteiger partial charge in [0, 0.05) is 16.8 Å². The second-order valence-electron chi connectivity index (χ2n) is 5.76. The molecule has 3 aromatic rings. The van der Waals surface area contributed by atoms with E-state index in [4.69, 9.17) is 0 Å². The number of aromatic nitrogens is 1. The van der Waals surface area contributed by atoms with Crippen molar-refractivity contribution in [2.24, 2.45) is 0 Å². The molecule has 0 saturated heterocycles. The Bertz CT molecular complexity index is 917. The van der Waals surface area contributed by atoms with E-state index in [2.05, 4.69) is 22.4 Å². The Balaban J connectivity index is 2.19. The largest absolute Gasteiger partial charge is 0.478 e. The van der Waals surface area contributed by atoms with Crippen LogP contribution in [0.1, 0.15) is 27.2 Å². The molecule has 0 spiro atoms. The predicted molar refractivity (Wildman–Crippen MR) is 92.6 cm³/mol. The Hall–Kier alpha value is -2.88. The quantitative estimate of drug-likeness (QED) is 0.742. The van der Waals surface area contributed by atoms with Crippen molar-refractivity contribution in [3.05, 3.63) is 64.8 Å². The van der Waals surface area contributed by atoms with Crippen LogP contribution in [0.2, 0.25) is 0 Å².